The van der Waals surface area contributed by atoms with Crippen LogP contribution in [0.3, 0.4) is 0 Å². The molecule has 0 aliphatic carbocycles. The molecule has 1 heterocycles. The van der Waals surface area contributed by atoms with Crippen molar-refractivity contribution in [3.05, 3.63) is 12.2 Å². The van der Waals surface area contributed by atoms with Crippen LogP contribution in [0.2, 0.25) is 0 Å². The summed E-state index contributed by atoms with van der Waals surface area (Å²) in [6.45, 7) is 11.1. The molecule has 1 fully saturated rings. The van der Waals surface area contributed by atoms with E-state index in [0.717, 1.165) is 0 Å². The van der Waals surface area contributed by atoms with Crippen LogP contribution in [-0.2, 0) is 9.47 Å². The SMILES string of the molecule is C/C=C/C(O)[C@@H]1COC(C)(C)N1C(=O)OC(C)(C)C. The second kappa shape index (κ2) is 5.51. The third kappa shape index (κ3) is 3.94. The Morgan fingerprint density at radius 1 is 1.53 bits per heavy atom. The Bertz CT molecular complexity index is 357. The predicted octanol–water partition coefficient (Wildman–Crippen LogP) is 2.30. The number of hydrogen-bond donors (Lipinski definition) is 1. The Kier molecular flexibility index (Phi) is 4.63. The number of nitrogens with zero attached hydrogens (tertiary/aromatic N) is 1. The predicted molar refractivity (Wildman–Crippen MR) is 72.7 cm³/mol. The minimum absolute atomic E-state index is 0.289. The number of aliphatic hydroxyl groups is 1. The highest BCUT2D eigenvalue weighted by Gasteiger charge is 2.47. The van der Waals surface area contributed by atoms with Crippen molar-refractivity contribution in [2.75, 3.05) is 6.61 Å². The summed E-state index contributed by atoms with van der Waals surface area (Å²) in [5.74, 6) is 0. The Morgan fingerprint density at radius 2 is 2.11 bits per heavy atom. The maximum Gasteiger partial charge on any atom is 0.413 e. The van der Waals surface area contributed by atoms with Gasteiger partial charge in [-0.15, -0.1) is 0 Å². The number of carbonyl (C=O) groups excluding carboxylic acids is 1. The molecule has 19 heavy (non-hydrogen) atoms. The number of aliphatic hydroxyl groups excluding tert-OH is 1. The number of carbonyl (C=O) groups is 1. The molecule has 0 saturated carbocycles. The third-order valence-electron chi connectivity index (χ3n) is 2.89. The minimum Gasteiger partial charge on any atom is -0.444 e. The topological polar surface area (TPSA) is 59.0 Å². The molecule has 1 aliphatic heterocycles. The van der Waals surface area contributed by atoms with Crippen molar-refractivity contribution < 1.29 is 19.4 Å². The summed E-state index contributed by atoms with van der Waals surface area (Å²) in [7, 11) is 0. The summed E-state index contributed by atoms with van der Waals surface area (Å²) in [6, 6.07) is -0.430. The lowest BCUT2D eigenvalue weighted by atomic mass is 10.1. The maximum absolute atomic E-state index is 12.3. The van der Waals surface area contributed by atoms with Gasteiger partial charge in [0.15, 0.2) is 0 Å². The molecular weight excluding hydrogens is 246 g/mol. The van der Waals surface area contributed by atoms with Gasteiger partial charge in [0.2, 0.25) is 0 Å². The van der Waals surface area contributed by atoms with Gasteiger partial charge in [0.1, 0.15) is 11.3 Å². The van der Waals surface area contributed by atoms with Crippen LogP contribution in [0.5, 0.6) is 0 Å². The first-order chi connectivity index (χ1) is 8.58. The second-order valence-corrected chi connectivity index (χ2v) is 6.19. The van der Waals surface area contributed by atoms with Crippen LogP contribution >= 0.6 is 0 Å². The Labute approximate surface area is 115 Å². The fourth-order valence-electron chi connectivity index (χ4n) is 2.08. The van der Waals surface area contributed by atoms with E-state index in [0.29, 0.717) is 0 Å². The monoisotopic (exact) mass is 271 g/mol. The average molecular weight is 271 g/mol. The molecule has 2 atom stereocenters. The van der Waals surface area contributed by atoms with Crippen molar-refractivity contribution in [1.82, 2.24) is 4.90 Å². The van der Waals surface area contributed by atoms with E-state index in [1.807, 2.05) is 27.7 Å². The van der Waals surface area contributed by atoms with Crippen molar-refractivity contribution >= 4 is 6.09 Å². The summed E-state index contributed by atoms with van der Waals surface area (Å²) in [5, 5.41) is 10.1. The number of rotatable bonds is 2. The van der Waals surface area contributed by atoms with E-state index in [9.17, 15) is 9.90 Å². The van der Waals surface area contributed by atoms with Gasteiger partial charge < -0.3 is 14.6 Å². The Morgan fingerprint density at radius 3 is 2.58 bits per heavy atom. The highest BCUT2D eigenvalue weighted by molar-refractivity contribution is 5.70. The van der Waals surface area contributed by atoms with Crippen molar-refractivity contribution in [1.29, 1.82) is 0 Å². The first-order valence-electron chi connectivity index (χ1n) is 6.55. The first kappa shape index (κ1) is 16.0. The van der Waals surface area contributed by atoms with E-state index in [2.05, 4.69) is 0 Å². The summed E-state index contributed by atoms with van der Waals surface area (Å²) in [6.07, 6.45) is 2.17. The summed E-state index contributed by atoms with van der Waals surface area (Å²) >= 11 is 0. The van der Waals surface area contributed by atoms with Crippen LogP contribution in [0.15, 0.2) is 12.2 Å². The summed E-state index contributed by atoms with van der Waals surface area (Å²) in [5.41, 5.74) is -1.36. The Balaban J connectivity index is 2.93. The number of amides is 1. The summed E-state index contributed by atoms with van der Waals surface area (Å²) in [4.78, 5) is 13.8. The normalized spacial score (nSPS) is 24.8. The van der Waals surface area contributed by atoms with Crippen LogP contribution in [0.1, 0.15) is 41.5 Å². The zero-order chi connectivity index (χ0) is 14.8. The molecule has 5 nitrogen and oxygen atoms in total. The molecule has 110 valence electrons. The lowest BCUT2D eigenvalue weighted by Crippen LogP contribution is -2.53. The molecule has 1 aliphatic rings. The molecule has 1 unspecified atom stereocenters. The van der Waals surface area contributed by atoms with Gasteiger partial charge in [0.05, 0.1) is 18.8 Å². The second-order valence-electron chi connectivity index (χ2n) is 6.19. The molecule has 1 amide bonds. The van der Waals surface area contributed by atoms with Gasteiger partial charge in [-0.2, -0.15) is 0 Å². The highest BCUT2D eigenvalue weighted by Crippen LogP contribution is 2.31. The van der Waals surface area contributed by atoms with E-state index in [1.54, 1.807) is 26.0 Å². The van der Waals surface area contributed by atoms with Crippen LogP contribution < -0.4 is 0 Å². The molecule has 1 rings (SSSR count). The van der Waals surface area contributed by atoms with Gasteiger partial charge in [0.25, 0.3) is 0 Å². The largest absolute Gasteiger partial charge is 0.444 e. The molecule has 0 aromatic rings. The van der Waals surface area contributed by atoms with E-state index < -0.39 is 29.6 Å². The number of hydrogen-bond acceptors (Lipinski definition) is 4. The third-order valence-corrected chi connectivity index (χ3v) is 2.89. The van der Waals surface area contributed by atoms with Crippen molar-refractivity contribution in [2.45, 2.75) is 65.0 Å². The van der Waals surface area contributed by atoms with Gasteiger partial charge in [-0.25, -0.2) is 4.79 Å². The molecule has 1 N–H and O–H groups in total. The van der Waals surface area contributed by atoms with E-state index in [-0.39, 0.29) is 6.61 Å². The zero-order valence-electron chi connectivity index (χ0n) is 12.6. The molecule has 5 heteroatoms. The van der Waals surface area contributed by atoms with Crippen LogP contribution in [-0.4, -0.2) is 46.2 Å². The van der Waals surface area contributed by atoms with Gasteiger partial charge in [-0.05, 0) is 41.5 Å². The van der Waals surface area contributed by atoms with Gasteiger partial charge in [-0.1, -0.05) is 12.2 Å². The standard InChI is InChI=1S/C14H25NO4/c1-7-8-11(16)10-9-18-14(5,6)15(10)12(17)19-13(2,3)4/h7-8,10-11,16H,9H2,1-6H3/b8-7+/t10-,11?/m0/s1. The molecule has 0 radical (unpaired) electrons. The molecule has 0 aromatic carbocycles. The lowest BCUT2D eigenvalue weighted by molar-refractivity contribution is -0.0660. The molecule has 0 spiro atoms. The molecule has 0 bridgehead atoms. The lowest BCUT2D eigenvalue weighted by Gasteiger charge is -2.36. The van der Waals surface area contributed by atoms with Gasteiger partial charge >= 0.3 is 6.09 Å². The van der Waals surface area contributed by atoms with Crippen molar-refractivity contribution in [2.24, 2.45) is 0 Å². The molecular formula is C14H25NO4. The average Bonchev–Trinajstić information content (AvgIpc) is 2.51. The number of ether oxygens (including phenoxy) is 2. The van der Waals surface area contributed by atoms with Crippen LogP contribution in [0.25, 0.3) is 0 Å². The summed E-state index contributed by atoms with van der Waals surface area (Å²) < 4.78 is 11.0. The Hall–Kier alpha value is -1.07. The van der Waals surface area contributed by atoms with Crippen molar-refractivity contribution in [3.8, 4) is 0 Å². The van der Waals surface area contributed by atoms with Crippen LogP contribution in [0, 0.1) is 0 Å². The molecule has 1 saturated heterocycles. The van der Waals surface area contributed by atoms with Crippen LogP contribution in [0.4, 0.5) is 4.79 Å². The quantitative estimate of drug-likeness (QED) is 0.783. The highest BCUT2D eigenvalue weighted by atomic mass is 16.6. The minimum atomic E-state index is -0.782. The van der Waals surface area contributed by atoms with Gasteiger partial charge in [0, 0.05) is 0 Å². The smallest absolute Gasteiger partial charge is 0.413 e. The number of allylic oxidation sites excluding steroid dienone is 1. The van der Waals surface area contributed by atoms with E-state index in [1.165, 1.54) is 4.90 Å². The van der Waals surface area contributed by atoms with Crippen molar-refractivity contribution in [3.63, 3.8) is 0 Å². The fourth-order valence-corrected chi connectivity index (χ4v) is 2.08. The van der Waals surface area contributed by atoms with Gasteiger partial charge in [-0.3, -0.25) is 4.90 Å². The fraction of sp³-hybridized carbons (Fsp3) is 0.786. The van der Waals surface area contributed by atoms with E-state index >= 15 is 0 Å². The van der Waals surface area contributed by atoms with E-state index in [4.69, 9.17) is 9.47 Å². The maximum atomic E-state index is 12.3. The molecule has 0 aromatic heterocycles. The zero-order valence-corrected chi connectivity index (χ0v) is 12.6. The first-order valence-corrected chi connectivity index (χ1v) is 6.55.